The lowest BCUT2D eigenvalue weighted by atomic mass is 10.0. The number of hydrogen-bond donors (Lipinski definition) is 0. The second-order valence-corrected chi connectivity index (χ2v) is 11.9. The molecule has 0 amide bonds. The van der Waals surface area contributed by atoms with Crippen LogP contribution >= 0.6 is 0 Å². The van der Waals surface area contributed by atoms with Gasteiger partial charge in [0.25, 0.3) is 0 Å². The summed E-state index contributed by atoms with van der Waals surface area (Å²) >= 11 is 0. The van der Waals surface area contributed by atoms with E-state index in [0.29, 0.717) is 35.5 Å². The van der Waals surface area contributed by atoms with Gasteiger partial charge < -0.3 is 9.47 Å². The summed E-state index contributed by atoms with van der Waals surface area (Å²) in [6, 6.07) is 14.9. The maximum absolute atomic E-state index is 15.2. The second kappa shape index (κ2) is 8.16. The molecule has 0 spiro atoms. The van der Waals surface area contributed by atoms with Crippen LogP contribution in [0.5, 0.6) is 0 Å². The van der Waals surface area contributed by atoms with Crippen LogP contribution in [0.25, 0.3) is 0 Å². The van der Waals surface area contributed by atoms with E-state index in [0.717, 1.165) is 25.1 Å². The van der Waals surface area contributed by atoms with Gasteiger partial charge in [-0.2, -0.15) is 4.31 Å². The minimum Gasteiger partial charge on any atom is -0.368 e. The highest BCUT2D eigenvalue weighted by atomic mass is 32.2. The number of nitrogens with zero attached hydrogens (tertiary/aromatic N) is 5. The molecule has 2 aromatic carbocycles. The number of aromatic nitrogens is 3. The van der Waals surface area contributed by atoms with Crippen LogP contribution in [-0.4, -0.2) is 46.6 Å². The predicted molar refractivity (Wildman–Crippen MR) is 127 cm³/mol. The molecule has 0 bridgehead atoms. The zero-order valence-electron chi connectivity index (χ0n) is 19.0. The van der Waals surface area contributed by atoms with Crippen LogP contribution < -0.4 is 4.90 Å². The minimum absolute atomic E-state index is 0.118. The number of rotatable bonds is 5. The second-order valence-electron chi connectivity index (χ2n) is 9.83. The van der Waals surface area contributed by atoms with Crippen molar-refractivity contribution in [2.45, 2.75) is 43.6 Å². The summed E-state index contributed by atoms with van der Waals surface area (Å²) in [7, 11) is -3.54. The van der Waals surface area contributed by atoms with Crippen molar-refractivity contribution in [3.05, 3.63) is 78.1 Å². The fourth-order valence-electron chi connectivity index (χ4n) is 5.93. The van der Waals surface area contributed by atoms with E-state index in [1.807, 2.05) is 43.3 Å². The Morgan fingerprint density at radius 2 is 1.71 bits per heavy atom. The summed E-state index contributed by atoms with van der Waals surface area (Å²) in [4.78, 5) is 2.10. The molecule has 7 nitrogen and oxygen atoms in total. The monoisotopic (exact) mass is 481 g/mol. The van der Waals surface area contributed by atoms with Crippen molar-refractivity contribution in [2.24, 2.45) is 11.8 Å². The average molecular weight is 482 g/mol. The standard InChI is InChI=1S/C25H28FN5O2S/c1-17-7-10-24(19-5-3-2-4-6-19)34(32,33)31(17)12-18-8-9-23(22(26)11-18)29-13-20-21(14-29)25(20)30-15-27-28-16-30/h2-6,8-9,11,15-17,20-21,24-25H,7,10,12-14H2,1H3/t17?,20-,21+,24?,25?. The van der Waals surface area contributed by atoms with Crippen LogP contribution in [0.15, 0.2) is 61.2 Å². The van der Waals surface area contributed by atoms with Crippen molar-refractivity contribution in [3.8, 4) is 0 Å². The molecule has 1 saturated carbocycles. The number of benzene rings is 2. The summed E-state index contributed by atoms with van der Waals surface area (Å²) in [5.74, 6) is 0.690. The first-order valence-corrected chi connectivity index (χ1v) is 13.4. The van der Waals surface area contributed by atoms with E-state index in [2.05, 4.69) is 19.7 Å². The molecule has 6 rings (SSSR count). The van der Waals surface area contributed by atoms with Crippen LogP contribution in [0.2, 0.25) is 0 Å². The van der Waals surface area contributed by atoms with E-state index in [4.69, 9.17) is 0 Å². The molecule has 2 aliphatic heterocycles. The smallest absolute Gasteiger partial charge is 0.221 e. The van der Waals surface area contributed by atoms with Gasteiger partial charge in [0.1, 0.15) is 23.7 Å². The Morgan fingerprint density at radius 3 is 2.38 bits per heavy atom. The zero-order valence-corrected chi connectivity index (χ0v) is 19.9. The molecule has 178 valence electrons. The van der Waals surface area contributed by atoms with Crippen LogP contribution in [-0.2, 0) is 16.6 Å². The molecular formula is C25H28FN5O2S. The molecule has 3 aliphatic rings. The van der Waals surface area contributed by atoms with Gasteiger partial charge in [-0.25, -0.2) is 12.8 Å². The topological polar surface area (TPSA) is 71.3 Å². The highest BCUT2D eigenvalue weighted by molar-refractivity contribution is 7.89. The molecule has 5 atom stereocenters. The van der Waals surface area contributed by atoms with Crippen molar-refractivity contribution >= 4 is 15.7 Å². The summed E-state index contributed by atoms with van der Waals surface area (Å²) in [6.07, 6.45) is 4.88. The van der Waals surface area contributed by atoms with Gasteiger partial charge in [-0.3, -0.25) is 0 Å². The molecule has 3 heterocycles. The number of hydrogen-bond acceptors (Lipinski definition) is 5. The number of piperidine rings is 1. The third-order valence-electron chi connectivity index (χ3n) is 7.82. The van der Waals surface area contributed by atoms with Gasteiger partial charge in [0.15, 0.2) is 0 Å². The molecule has 0 N–H and O–H groups in total. The minimum atomic E-state index is -3.54. The lowest BCUT2D eigenvalue weighted by Gasteiger charge is -2.37. The van der Waals surface area contributed by atoms with Crippen molar-refractivity contribution in [3.63, 3.8) is 0 Å². The normalized spacial score (nSPS) is 30.3. The van der Waals surface area contributed by atoms with Crippen LogP contribution in [0, 0.1) is 17.7 Å². The van der Waals surface area contributed by atoms with Gasteiger partial charge in [0, 0.05) is 43.6 Å². The number of fused-ring (bicyclic) bond motifs is 1. The fraction of sp³-hybridized carbons (Fsp3) is 0.440. The van der Waals surface area contributed by atoms with Crippen LogP contribution in [0.3, 0.4) is 0 Å². The van der Waals surface area contributed by atoms with E-state index in [9.17, 15) is 8.42 Å². The molecule has 34 heavy (non-hydrogen) atoms. The van der Waals surface area contributed by atoms with Crippen molar-refractivity contribution in [1.29, 1.82) is 0 Å². The Balaban J connectivity index is 1.17. The predicted octanol–water partition coefficient (Wildman–Crippen LogP) is 3.78. The van der Waals surface area contributed by atoms with E-state index < -0.39 is 15.3 Å². The molecule has 3 fully saturated rings. The largest absolute Gasteiger partial charge is 0.368 e. The van der Waals surface area contributed by atoms with Gasteiger partial charge in [-0.15, -0.1) is 10.2 Å². The zero-order chi connectivity index (χ0) is 23.4. The fourth-order valence-corrected chi connectivity index (χ4v) is 8.13. The average Bonchev–Trinajstić information content (AvgIpc) is 3.19. The van der Waals surface area contributed by atoms with Crippen LogP contribution in [0.4, 0.5) is 10.1 Å². The number of sulfonamides is 1. The molecular weight excluding hydrogens is 453 g/mol. The first-order valence-electron chi connectivity index (χ1n) is 11.9. The third-order valence-corrected chi connectivity index (χ3v) is 10.2. The highest BCUT2D eigenvalue weighted by Gasteiger charge is 2.57. The number of halogens is 1. The molecule has 9 heteroatoms. The summed E-state index contributed by atoms with van der Waals surface area (Å²) in [5, 5.41) is 7.23. The van der Waals surface area contributed by atoms with E-state index in [1.165, 1.54) is 6.07 Å². The van der Waals surface area contributed by atoms with Crippen molar-refractivity contribution in [2.75, 3.05) is 18.0 Å². The molecule has 3 aromatic rings. The Labute approximate surface area is 199 Å². The summed E-state index contributed by atoms with van der Waals surface area (Å²) in [5.41, 5.74) is 2.09. The molecule has 3 unspecified atom stereocenters. The highest BCUT2D eigenvalue weighted by Crippen LogP contribution is 2.55. The van der Waals surface area contributed by atoms with E-state index >= 15 is 4.39 Å². The maximum atomic E-state index is 15.2. The molecule has 0 radical (unpaired) electrons. The first-order chi connectivity index (χ1) is 16.4. The van der Waals surface area contributed by atoms with Crippen molar-refractivity contribution < 1.29 is 12.8 Å². The van der Waals surface area contributed by atoms with Gasteiger partial charge in [-0.05, 0) is 43.0 Å². The third kappa shape index (κ3) is 3.62. The number of anilines is 1. The molecule has 2 saturated heterocycles. The first kappa shape index (κ1) is 21.7. The quantitative estimate of drug-likeness (QED) is 0.555. The maximum Gasteiger partial charge on any atom is 0.221 e. The Morgan fingerprint density at radius 1 is 1.00 bits per heavy atom. The van der Waals surface area contributed by atoms with Gasteiger partial charge in [0.05, 0.1) is 5.69 Å². The van der Waals surface area contributed by atoms with E-state index in [1.54, 1.807) is 23.0 Å². The van der Waals surface area contributed by atoms with Gasteiger partial charge >= 0.3 is 0 Å². The summed E-state index contributed by atoms with van der Waals surface area (Å²) in [6.45, 7) is 3.73. The Kier molecular flexibility index (Phi) is 5.22. The summed E-state index contributed by atoms with van der Waals surface area (Å²) < 4.78 is 45.7. The van der Waals surface area contributed by atoms with E-state index in [-0.39, 0.29) is 18.4 Å². The SMILES string of the molecule is CC1CCC(c2ccccc2)S(=O)(=O)N1Cc1ccc(N2C[C@@H]3C(n4cnnc4)[C@@H]3C2)c(F)c1. The van der Waals surface area contributed by atoms with Crippen molar-refractivity contribution in [1.82, 2.24) is 19.1 Å². The lowest BCUT2D eigenvalue weighted by Crippen LogP contribution is -2.44. The molecule has 1 aromatic heterocycles. The Hall–Kier alpha value is -2.78. The lowest BCUT2D eigenvalue weighted by molar-refractivity contribution is 0.281. The van der Waals surface area contributed by atoms with Gasteiger partial charge in [0.2, 0.25) is 10.0 Å². The van der Waals surface area contributed by atoms with Crippen LogP contribution in [0.1, 0.15) is 42.2 Å². The van der Waals surface area contributed by atoms with Gasteiger partial charge in [-0.1, -0.05) is 36.4 Å². The molecule has 1 aliphatic carbocycles. The Bertz CT molecular complexity index is 1270.